The fourth-order valence-electron chi connectivity index (χ4n) is 2.12. The van der Waals surface area contributed by atoms with E-state index in [1.807, 2.05) is 35.6 Å². The molecule has 1 heterocycles. The van der Waals surface area contributed by atoms with Gasteiger partial charge in [0.1, 0.15) is 4.32 Å². The maximum absolute atomic E-state index is 12.5. The fraction of sp³-hybridized carbons (Fsp3) is 0.375. The van der Waals surface area contributed by atoms with E-state index in [-0.39, 0.29) is 11.7 Å². The Morgan fingerprint density at radius 2 is 2.17 bits per heavy atom. The van der Waals surface area contributed by atoms with Crippen molar-refractivity contribution in [1.29, 1.82) is 0 Å². The molecular weight excluding hydrogens is 445 g/mol. The second-order valence-corrected chi connectivity index (χ2v) is 8.31. The highest BCUT2D eigenvalue weighted by molar-refractivity contribution is 14.1. The number of aromatic hydroxyl groups is 1. The number of hydrogen-bond donors (Lipinski definition) is 1. The van der Waals surface area contributed by atoms with Crippen LogP contribution in [0.1, 0.15) is 26.3 Å². The maximum atomic E-state index is 12.5. The Hall–Kier alpha value is -0.800. The molecule has 1 fully saturated rings. The monoisotopic (exact) mass is 463 g/mol. The number of halogens is 1. The molecule has 7 heteroatoms. The summed E-state index contributed by atoms with van der Waals surface area (Å²) in [6.45, 7) is 7.05. The molecule has 2 rings (SSSR count). The van der Waals surface area contributed by atoms with Crippen LogP contribution in [0.4, 0.5) is 0 Å². The number of phenolic OH excluding ortho intramolecular Hbond substituents is 1. The van der Waals surface area contributed by atoms with E-state index in [4.69, 9.17) is 17.0 Å². The Kier molecular flexibility index (Phi) is 6.33. The molecule has 1 N–H and O–H groups in total. The number of nitrogens with zero attached hydrogens (tertiary/aromatic N) is 1. The standard InChI is InChI=1S/C16H18INO3S2/c1-4-21-12-6-10(5-11(17)14(12)19)7-13-15(20)18(8-9(2)3)16(22)23-13/h5-7,9,19H,4,8H2,1-3H3. The van der Waals surface area contributed by atoms with Gasteiger partial charge >= 0.3 is 0 Å². The predicted octanol–water partition coefficient (Wildman–Crippen LogP) is 4.25. The number of ether oxygens (including phenoxy) is 1. The Morgan fingerprint density at radius 1 is 1.48 bits per heavy atom. The number of thiocarbonyl (C=S) groups is 1. The van der Waals surface area contributed by atoms with Crippen LogP contribution in [-0.2, 0) is 4.79 Å². The second-order valence-electron chi connectivity index (χ2n) is 5.47. The van der Waals surface area contributed by atoms with E-state index in [0.717, 1.165) is 5.56 Å². The van der Waals surface area contributed by atoms with Gasteiger partial charge in [-0.25, -0.2) is 0 Å². The molecule has 23 heavy (non-hydrogen) atoms. The van der Waals surface area contributed by atoms with E-state index >= 15 is 0 Å². The van der Waals surface area contributed by atoms with Crippen LogP contribution in [0.5, 0.6) is 11.5 Å². The first-order valence-corrected chi connectivity index (χ1v) is 9.54. The minimum Gasteiger partial charge on any atom is -0.504 e. The van der Waals surface area contributed by atoms with Gasteiger partial charge in [0.05, 0.1) is 15.1 Å². The number of rotatable bonds is 5. The molecule has 4 nitrogen and oxygen atoms in total. The molecule has 1 aliphatic rings. The summed E-state index contributed by atoms with van der Waals surface area (Å²) >= 11 is 8.66. The average Bonchev–Trinajstić information content (AvgIpc) is 2.72. The van der Waals surface area contributed by atoms with Crippen LogP contribution in [0.3, 0.4) is 0 Å². The number of hydrogen-bond acceptors (Lipinski definition) is 5. The molecule has 0 saturated carbocycles. The fourth-order valence-corrected chi connectivity index (χ4v) is 4.02. The molecule has 0 unspecified atom stereocenters. The van der Waals surface area contributed by atoms with Crippen LogP contribution >= 0.6 is 46.6 Å². The maximum Gasteiger partial charge on any atom is 0.266 e. The SMILES string of the molecule is CCOc1cc(C=C2SC(=S)N(CC(C)C)C2=O)cc(I)c1O. The zero-order chi connectivity index (χ0) is 17.1. The molecule has 0 aromatic heterocycles. The van der Waals surface area contributed by atoms with E-state index in [1.165, 1.54) is 11.8 Å². The number of amides is 1. The molecule has 0 atom stereocenters. The van der Waals surface area contributed by atoms with Gasteiger partial charge in [-0.15, -0.1) is 0 Å². The molecule has 124 valence electrons. The van der Waals surface area contributed by atoms with Crippen molar-refractivity contribution in [2.75, 3.05) is 13.2 Å². The summed E-state index contributed by atoms with van der Waals surface area (Å²) in [5, 5.41) is 9.99. The number of carbonyl (C=O) groups is 1. The Balaban J connectivity index is 2.32. The highest BCUT2D eigenvalue weighted by Crippen LogP contribution is 2.36. The van der Waals surface area contributed by atoms with Crippen molar-refractivity contribution < 1.29 is 14.6 Å². The number of benzene rings is 1. The summed E-state index contributed by atoms with van der Waals surface area (Å²) in [5.41, 5.74) is 0.806. The first-order valence-electron chi connectivity index (χ1n) is 7.24. The topological polar surface area (TPSA) is 49.8 Å². The minimum absolute atomic E-state index is 0.0604. The molecule has 0 aliphatic carbocycles. The molecule has 1 aromatic carbocycles. The highest BCUT2D eigenvalue weighted by atomic mass is 127. The van der Waals surface area contributed by atoms with Gasteiger partial charge in [-0.1, -0.05) is 37.8 Å². The van der Waals surface area contributed by atoms with Crippen molar-refractivity contribution in [1.82, 2.24) is 4.90 Å². The Bertz CT molecular complexity index is 674. The van der Waals surface area contributed by atoms with Gasteiger partial charge in [-0.2, -0.15) is 0 Å². The molecule has 1 aliphatic heterocycles. The van der Waals surface area contributed by atoms with Crippen molar-refractivity contribution in [2.24, 2.45) is 5.92 Å². The van der Waals surface area contributed by atoms with Gasteiger partial charge in [0.25, 0.3) is 5.91 Å². The molecule has 1 aromatic rings. The molecule has 0 radical (unpaired) electrons. The first kappa shape index (κ1) is 18.5. The van der Waals surface area contributed by atoms with Crippen LogP contribution in [0.2, 0.25) is 0 Å². The zero-order valence-corrected chi connectivity index (χ0v) is 16.9. The van der Waals surface area contributed by atoms with Gasteiger partial charge in [0.2, 0.25) is 0 Å². The van der Waals surface area contributed by atoms with Crippen LogP contribution in [0, 0.1) is 9.49 Å². The van der Waals surface area contributed by atoms with Gasteiger partial charge < -0.3 is 9.84 Å². The van der Waals surface area contributed by atoms with Crippen LogP contribution in [0.15, 0.2) is 17.0 Å². The minimum atomic E-state index is -0.0604. The third-order valence-corrected chi connectivity index (χ3v) is 5.27. The third kappa shape index (κ3) is 4.39. The van der Waals surface area contributed by atoms with Gasteiger partial charge in [0, 0.05) is 6.54 Å². The third-order valence-electron chi connectivity index (χ3n) is 3.07. The molecule has 0 bridgehead atoms. The summed E-state index contributed by atoms with van der Waals surface area (Å²) < 4.78 is 6.70. The molecule has 0 spiro atoms. The normalized spacial score (nSPS) is 16.7. The van der Waals surface area contributed by atoms with Crippen molar-refractivity contribution in [3.63, 3.8) is 0 Å². The van der Waals surface area contributed by atoms with Crippen LogP contribution in [0.25, 0.3) is 6.08 Å². The first-order chi connectivity index (χ1) is 10.8. The van der Waals surface area contributed by atoms with Crippen molar-refractivity contribution in [2.45, 2.75) is 20.8 Å². The van der Waals surface area contributed by atoms with Crippen molar-refractivity contribution in [3.05, 3.63) is 26.2 Å². The van der Waals surface area contributed by atoms with Crippen LogP contribution in [-0.4, -0.2) is 33.4 Å². The number of thioether (sulfide) groups is 1. The lowest BCUT2D eigenvalue weighted by Gasteiger charge is -2.16. The van der Waals surface area contributed by atoms with E-state index in [9.17, 15) is 9.90 Å². The zero-order valence-electron chi connectivity index (χ0n) is 13.1. The lowest BCUT2D eigenvalue weighted by Crippen LogP contribution is -2.31. The van der Waals surface area contributed by atoms with Crippen molar-refractivity contribution >= 4 is 62.9 Å². The van der Waals surface area contributed by atoms with E-state index in [1.54, 1.807) is 17.0 Å². The molecular formula is C16H18INO3S2. The predicted molar refractivity (Wildman–Crippen MR) is 107 cm³/mol. The van der Waals surface area contributed by atoms with E-state index < -0.39 is 0 Å². The second kappa shape index (κ2) is 7.85. The smallest absolute Gasteiger partial charge is 0.266 e. The van der Waals surface area contributed by atoms with Gasteiger partial charge in [0.15, 0.2) is 11.5 Å². The van der Waals surface area contributed by atoms with Crippen molar-refractivity contribution in [3.8, 4) is 11.5 Å². The highest BCUT2D eigenvalue weighted by Gasteiger charge is 2.32. The quantitative estimate of drug-likeness (QED) is 0.402. The Morgan fingerprint density at radius 3 is 2.78 bits per heavy atom. The van der Waals surface area contributed by atoms with E-state index in [2.05, 4.69) is 13.8 Å². The van der Waals surface area contributed by atoms with Crippen LogP contribution < -0.4 is 4.74 Å². The van der Waals surface area contributed by atoms with Gasteiger partial charge in [-0.3, -0.25) is 9.69 Å². The Labute approximate surface area is 159 Å². The van der Waals surface area contributed by atoms with Gasteiger partial charge in [-0.05, 0) is 59.2 Å². The number of phenols is 1. The lowest BCUT2D eigenvalue weighted by molar-refractivity contribution is -0.122. The van der Waals surface area contributed by atoms with E-state index in [0.29, 0.717) is 37.6 Å². The summed E-state index contributed by atoms with van der Waals surface area (Å²) in [7, 11) is 0. The number of carbonyl (C=O) groups excluding carboxylic acids is 1. The average molecular weight is 463 g/mol. The summed E-state index contributed by atoms with van der Waals surface area (Å²) in [5.74, 6) is 0.839. The summed E-state index contributed by atoms with van der Waals surface area (Å²) in [6, 6.07) is 3.55. The largest absolute Gasteiger partial charge is 0.504 e. The molecule has 1 amide bonds. The summed E-state index contributed by atoms with van der Waals surface area (Å²) in [6.07, 6.45) is 1.80. The molecule has 1 saturated heterocycles. The lowest BCUT2D eigenvalue weighted by atomic mass is 10.1. The summed E-state index contributed by atoms with van der Waals surface area (Å²) in [4.78, 5) is 14.7.